The van der Waals surface area contributed by atoms with Crippen LogP contribution in [0.5, 0.6) is 0 Å². The Morgan fingerprint density at radius 2 is 0.887 bits per heavy atom. The highest BCUT2D eigenvalue weighted by Crippen LogP contribution is 2.23. The molecular formula is C69H121NO10. The molecule has 0 radical (unpaired) electrons. The van der Waals surface area contributed by atoms with E-state index in [0.29, 0.717) is 19.4 Å². The molecular weight excluding hydrogens is 1000 g/mol. The van der Waals surface area contributed by atoms with Crippen molar-refractivity contribution in [2.75, 3.05) is 19.8 Å². The molecule has 1 aliphatic rings. The van der Waals surface area contributed by atoms with Crippen LogP contribution in [0, 0.1) is 0 Å². The van der Waals surface area contributed by atoms with Crippen LogP contribution in [0.15, 0.2) is 85.1 Å². The maximum atomic E-state index is 13.0. The average molecular weight is 1120 g/mol. The zero-order chi connectivity index (χ0) is 58.0. The normalized spacial score (nSPS) is 18.9. The lowest BCUT2D eigenvalue weighted by molar-refractivity contribution is -0.302. The molecule has 11 nitrogen and oxygen atoms in total. The van der Waals surface area contributed by atoms with Gasteiger partial charge >= 0.3 is 5.97 Å². The van der Waals surface area contributed by atoms with E-state index >= 15 is 0 Å². The molecule has 1 aliphatic heterocycles. The topological polar surface area (TPSA) is 175 Å². The first kappa shape index (κ1) is 74.9. The van der Waals surface area contributed by atoms with Gasteiger partial charge in [-0.05, 0) is 116 Å². The van der Waals surface area contributed by atoms with Gasteiger partial charge in [0.25, 0.3) is 0 Å². The summed E-state index contributed by atoms with van der Waals surface area (Å²) in [5, 5.41) is 54.2. The summed E-state index contributed by atoms with van der Waals surface area (Å²) in [6.45, 7) is 4.16. The second-order valence-corrected chi connectivity index (χ2v) is 22.4. The molecule has 80 heavy (non-hydrogen) atoms. The molecule has 6 N–H and O–H groups in total. The quantitative estimate of drug-likeness (QED) is 0.0195. The number of amides is 1. The van der Waals surface area contributed by atoms with Gasteiger partial charge in [0, 0.05) is 12.8 Å². The molecule has 1 heterocycles. The van der Waals surface area contributed by atoms with Gasteiger partial charge < -0.3 is 45.1 Å². The molecule has 0 bridgehead atoms. The van der Waals surface area contributed by atoms with E-state index in [1.807, 2.05) is 6.08 Å². The Bertz CT molecular complexity index is 1600. The summed E-state index contributed by atoms with van der Waals surface area (Å²) in [7, 11) is 0. The number of esters is 1. The van der Waals surface area contributed by atoms with Crippen molar-refractivity contribution < 1.29 is 49.3 Å². The predicted molar refractivity (Wildman–Crippen MR) is 333 cm³/mol. The lowest BCUT2D eigenvalue weighted by atomic mass is 9.99. The van der Waals surface area contributed by atoms with Gasteiger partial charge in [0.05, 0.1) is 32.0 Å². The fraction of sp³-hybridized carbons (Fsp3) is 0.768. The average Bonchev–Trinajstić information content (AvgIpc) is 3.46. The molecule has 7 atom stereocenters. The Morgan fingerprint density at radius 1 is 0.475 bits per heavy atom. The van der Waals surface area contributed by atoms with Crippen molar-refractivity contribution in [3.05, 3.63) is 85.1 Å². The molecule has 1 rings (SSSR count). The van der Waals surface area contributed by atoms with Crippen LogP contribution in [0.25, 0.3) is 0 Å². The van der Waals surface area contributed by atoms with Crippen LogP contribution in [-0.2, 0) is 23.8 Å². The lowest BCUT2D eigenvalue weighted by Gasteiger charge is -2.40. The van der Waals surface area contributed by atoms with Crippen LogP contribution in [0.4, 0.5) is 0 Å². The molecule has 0 aromatic heterocycles. The minimum absolute atomic E-state index is 0.0146. The third kappa shape index (κ3) is 46.3. The van der Waals surface area contributed by atoms with Crippen molar-refractivity contribution in [3.63, 3.8) is 0 Å². The monoisotopic (exact) mass is 1120 g/mol. The Labute approximate surface area is 489 Å². The third-order valence-electron chi connectivity index (χ3n) is 14.9. The van der Waals surface area contributed by atoms with Crippen molar-refractivity contribution in [2.45, 2.75) is 320 Å². The van der Waals surface area contributed by atoms with Crippen molar-refractivity contribution in [1.82, 2.24) is 5.32 Å². The van der Waals surface area contributed by atoms with Crippen molar-refractivity contribution in [1.29, 1.82) is 0 Å². The smallest absolute Gasteiger partial charge is 0.305 e. The SMILES string of the molecule is CC/C=C/CC/C=C/CC/C=C/C(O)C(COC1OC(CO)C(O)C(O)C1O)NC(=O)CCCCCCCCCCCCC/C=C\C/C=C\CCCCCCCCCCCOC(=O)CCCCCCC/C=C\C/C=C\CCCCC. The molecule has 1 fully saturated rings. The first-order chi connectivity index (χ1) is 39.2. The third-order valence-corrected chi connectivity index (χ3v) is 14.9. The summed E-state index contributed by atoms with van der Waals surface area (Å²) in [5.74, 6) is -0.218. The summed E-state index contributed by atoms with van der Waals surface area (Å²) >= 11 is 0. The Morgan fingerprint density at radius 3 is 1.36 bits per heavy atom. The highest BCUT2D eigenvalue weighted by molar-refractivity contribution is 5.76. The molecule has 0 spiro atoms. The second-order valence-electron chi connectivity index (χ2n) is 22.4. The molecule has 0 aliphatic carbocycles. The van der Waals surface area contributed by atoms with E-state index in [-0.39, 0.29) is 18.5 Å². The van der Waals surface area contributed by atoms with E-state index < -0.39 is 49.5 Å². The van der Waals surface area contributed by atoms with Crippen molar-refractivity contribution >= 4 is 11.9 Å². The number of rotatable bonds is 56. The summed E-state index contributed by atoms with van der Waals surface area (Å²) in [5.41, 5.74) is 0. The first-order valence-electron chi connectivity index (χ1n) is 32.9. The molecule has 0 saturated carbocycles. The van der Waals surface area contributed by atoms with E-state index in [2.05, 4.69) is 92.1 Å². The molecule has 0 aromatic rings. The molecule has 7 unspecified atom stereocenters. The van der Waals surface area contributed by atoms with Crippen LogP contribution in [0.3, 0.4) is 0 Å². The summed E-state index contributed by atoms with van der Waals surface area (Å²) in [6.07, 6.45) is 68.6. The van der Waals surface area contributed by atoms with Crippen molar-refractivity contribution in [3.8, 4) is 0 Å². The van der Waals surface area contributed by atoms with Crippen LogP contribution in [0.1, 0.15) is 277 Å². The number of nitrogens with one attached hydrogen (secondary N) is 1. The number of carbonyl (C=O) groups is 2. The van der Waals surface area contributed by atoms with E-state index in [9.17, 15) is 35.1 Å². The van der Waals surface area contributed by atoms with Gasteiger partial charge in [0.2, 0.25) is 5.91 Å². The minimum Gasteiger partial charge on any atom is -0.466 e. The van der Waals surface area contributed by atoms with E-state index in [1.165, 1.54) is 148 Å². The van der Waals surface area contributed by atoms with Gasteiger partial charge in [-0.15, -0.1) is 0 Å². The van der Waals surface area contributed by atoms with Gasteiger partial charge in [-0.3, -0.25) is 9.59 Å². The fourth-order valence-electron chi connectivity index (χ4n) is 9.77. The summed E-state index contributed by atoms with van der Waals surface area (Å²) in [6, 6.07) is -0.838. The maximum absolute atomic E-state index is 13.0. The Hall–Kier alpha value is -3.16. The maximum Gasteiger partial charge on any atom is 0.305 e. The number of aliphatic hydroxyl groups excluding tert-OH is 5. The number of ether oxygens (including phenoxy) is 3. The number of carbonyl (C=O) groups excluding carboxylic acids is 2. The molecule has 462 valence electrons. The summed E-state index contributed by atoms with van der Waals surface area (Å²) < 4.78 is 16.7. The largest absolute Gasteiger partial charge is 0.466 e. The predicted octanol–water partition coefficient (Wildman–Crippen LogP) is 16.1. The molecule has 0 aromatic carbocycles. The van der Waals surface area contributed by atoms with Crippen LogP contribution in [-0.4, -0.2) is 100 Å². The molecule has 1 amide bonds. The number of hydrogen-bond acceptors (Lipinski definition) is 10. The van der Waals surface area contributed by atoms with Crippen LogP contribution in [0.2, 0.25) is 0 Å². The van der Waals surface area contributed by atoms with E-state index in [0.717, 1.165) is 103 Å². The van der Waals surface area contributed by atoms with Gasteiger partial charge in [-0.25, -0.2) is 0 Å². The molecule has 11 heteroatoms. The van der Waals surface area contributed by atoms with Crippen molar-refractivity contribution in [2.24, 2.45) is 0 Å². The zero-order valence-corrected chi connectivity index (χ0v) is 51.0. The number of unbranched alkanes of at least 4 members (excludes halogenated alkanes) is 30. The van der Waals surface area contributed by atoms with E-state index in [4.69, 9.17) is 14.2 Å². The number of allylic oxidation sites excluding steroid dienone is 13. The molecule has 1 saturated heterocycles. The zero-order valence-electron chi connectivity index (χ0n) is 51.0. The first-order valence-corrected chi connectivity index (χ1v) is 32.9. The number of hydrogen-bond donors (Lipinski definition) is 6. The standard InChI is InChI=1S/C69H121NO10/c1-3-5-7-9-11-13-15-16-30-34-37-41-45-49-53-57-65(74)78-58-54-50-46-42-38-35-32-29-27-25-23-21-19-17-18-20-22-24-26-28-31-33-36-40-44-48-52-56-64(73)70-61(60-79-69-68(77)67(76)66(75)63(59-71)80-69)62(72)55-51-47-43-39-14-12-10-8-6-4-2/h6,8,11,13-14,16-18,21,23,30,39,51,55,61-63,66-69,71-72,75-77H,3-5,7,9-10,12,15,19-20,22,24-29,31-38,40-50,52-54,56-60H2,1-2H3,(H,70,73)/b8-6+,13-11-,18-17-,23-21-,30-16-,39-14+,55-51+. The highest BCUT2D eigenvalue weighted by Gasteiger charge is 2.44. The van der Waals surface area contributed by atoms with Crippen LogP contribution >= 0.6 is 0 Å². The number of aliphatic hydroxyl groups is 5. The highest BCUT2D eigenvalue weighted by atomic mass is 16.7. The fourth-order valence-corrected chi connectivity index (χ4v) is 9.77. The lowest BCUT2D eigenvalue weighted by Crippen LogP contribution is -2.60. The Balaban J connectivity index is 1.99. The van der Waals surface area contributed by atoms with Crippen LogP contribution < -0.4 is 5.32 Å². The Kier molecular flexibility index (Phi) is 53.9. The van der Waals surface area contributed by atoms with Gasteiger partial charge in [0.1, 0.15) is 24.4 Å². The summed E-state index contributed by atoms with van der Waals surface area (Å²) in [4.78, 5) is 25.1. The van der Waals surface area contributed by atoms with Gasteiger partial charge in [-0.1, -0.05) is 234 Å². The second kappa shape index (κ2) is 57.6. The van der Waals surface area contributed by atoms with Gasteiger partial charge in [-0.2, -0.15) is 0 Å². The van der Waals surface area contributed by atoms with Gasteiger partial charge in [0.15, 0.2) is 6.29 Å². The minimum atomic E-state index is -1.58. The van der Waals surface area contributed by atoms with E-state index in [1.54, 1.807) is 6.08 Å².